The molecule has 13 N–H and O–H groups in total. The number of phenolic OH excluding ortho intramolecular Hbond substituents is 1. The first-order valence-corrected chi connectivity index (χ1v) is 34.9. The van der Waals surface area contributed by atoms with Gasteiger partial charge in [-0.1, -0.05) is 107 Å². The van der Waals surface area contributed by atoms with Crippen molar-refractivity contribution in [2.75, 3.05) is 26.7 Å². The molecule has 0 bridgehead atoms. The maximum absolute atomic E-state index is 15.0. The number of aryl methyl sites for hydroxylation is 1. The van der Waals surface area contributed by atoms with Gasteiger partial charge in [-0.05, 0) is 129 Å². The lowest BCUT2D eigenvalue weighted by molar-refractivity contribution is -0.142. The molecule has 0 aliphatic carbocycles. The summed E-state index contributed by atoms with van der Waals surface area (Å²) >= 11 is 0. The van der Waals surface area contributed by atoms with Crippen LogP contribution in [0.2, 0.25) is 0 Å². The van der Waals surface area contributed by atoms with Crippen molar-refractivity contribution in [2.45, 2.75) is 179 Å². The van der Waals surface area contributed by atoms with E-state index in [1.54, 1.807) is 121 Å². The molecule has 2 saturated heterocycles. The van der Waals surface area contributed by atoms with Crippen LogP contribution in [0.4, 0.5) is 4.79 Å². The number of benzene rings is 4. The number of phenols is 1. The summed E-state index contributed by atoms with van der Waals surface area (Å²) in [6.45, 7) is 11.6. The summed E-state index contributed by atoms with van der Waals surface area (Å²) in [5, 5.41) is 32.7. The number of nitrogens with two attached hydrogens (primary N) is 1. The third kappa shape index (κ3) is 22.0. The second-order valence-corrected chi connectivity index (χ2v) is 27.0. The minimum atomic E-state index is -4.29. The van der Waals surface area contributed by atoms with Crippen LogP contribution in [-0.4, -0.2) is 163 Å². The second kappa shape index (κ2) is 36.5. The van der Waals surface area contributed by atoms with E-state index in [2.05, 4.69) is 62.2 Å². The third-order valence-electron chi connectivity index (χ3n) is 17.7. The van der Waals surface area contributed by atoms with Gasteiger partial charge in [0.15, 0.2) is 0 Å². The number of H-pyrrole nitrogens is 1. The number of carbonyl (C=O) groups excluding carboxylic acids is 9. The minimum Gasteiger partial charge on any atom is -0.508 e. The van der Waals surface area contributed by atoms with E-state index >= 15 is 0 Å². The summed E-state index contributed by atoms with van der Waals surface area (Å²) in [7, 11) is -2.82. The molecule has 28 nitrogen and oxygen atoms in total. The molecule has 0 unspecified atom stereocenters. The number of carbonyl (C=O) groups is 9. The fourth-order valence-electron chi connectivity index (χ4n) is 11.9. The van der Waals surface area contributed by atoms with Crippen LogP contribution >= 0.6 is 0 Å². The van der Waals surface area contributed by atoms with Crippen molar-refractivity contribution in [2.24, 2.45) is 22.6 Å². The summed E-state index contributed by atoms with van der Waals surface area (Å²) in [5.41, 5.74) is 9.93. The Morgan fingerprint density at radius 2 is 1.31 bits per heavy atom. The maximum atomic E-state index is 15.0. The highest BCUT2D eigenvalue weighted by Crippen LogP contribution is 2.31. The standard InChI is InChI=1S/C70H94N14O14S/c1-9-42(4)59-67(92)79-55(37-49-38-72-40-75-49)68(93)84-33-19-26-56(84)65(90)77-53(35-46-20-12-10-13-21-46)61(86)73-31-17-16-24-52(80-70(94)98-39-48-22-14-11-15-23-48)62(87)76-51(25-18-32-74-69(71)83-99(95,96)60-43(5)34-57(97-8)44(6)45(60)7)63(88)81-58(41(2)3)66(91)78-54(64(89)82-59)36-47-27-29-50(85)30-28-47/h10-15,20-23,27-30,34,38,40-42,51-56,58-59,85H,9,16-19,24-26,31-33,35-37,39H2,1-8H3,(H,72,75)(H,73,86)(H,76,87)(H,77,90)(H,78,91)(H,79,92)(H,80,94)(H,81,88)(H,82,89)(H3,71,74,83)/t42-,51-,52-,53-,54-,55-,56-,58-,59-/m0/s1. The average molecular weight is 1390 g/mol. The number of fused-ring (bicyclic) bond motifs is 1. The zero-order chi connectivity index (χ0) is 71.9. The Morgan fingerprint density at radius 1 is 0.707 bits per heavy atom. The van der Waals surface area contributed by atoms with Crippen molar-refractivity contribution >= 4 is 69.3 Å². The van der Waals surface area contributed by atoms with Crippen LogP contribution < -0.4 is 57.7 Å². The number of ether oxygens (including phenoxy) is 2. The Hall–Kier alpha value is -10.1. The molecular formula is C70H94N14O14S. The number of sulfonamides is 1. The molecule has 2 aliphatic heterocycles. The number of aliphatic imine (C=N–C) groups is 1. The van der Waals surface area contributed by atoms with E-state index in [9.17, 15) is 56.7 Å². The third-order valence-corrected chi connectivity index (χ3v) is 19.4. The highest BCUT2D eigenvalue weighted by atomic mass is 32.2. The molecule has 99 heavy (non-hydrogen) atoms. The molecule has 0 radical (unpaired) electrons. The topological polar surface area (TPSA) is 405 Å². The fourth-order valence-corrected chi connectivity index (χ4v) is 13.4. The number of nitrogens with zero attached hydrogens (tertiary/aromatic N) is 3. The molecule has 29 heteroatoms. The first-order valence-electron chi connectivity index (χ1n) is 33.4. The van der Waals surface area contributed by atoms with Gasteiger partial charge in [-0.3, -0.25) is 43.3 Å². The summed E-state index contributed by atoms with van der Waals surface area (Å²) < 4.78 is 40.9. The van der Waals surface area contributed by atoms with Crippen molar-refractivity contribution < 1.29 is 66.1 Å². The zero-order valence-corrected chi connectivity index (χ0v) is 58.1. The molecule has 534 valence electrons. The summed E-state index contributed by atoms with van der Waals surface area (Å²) in [6.07, 6.45) is 2.78. The van der Waals surface area contributed by atoms with Crippen LogP contribution in [0, 0.1) is 32.6 Å². The van der Waals surface area contributed by atoms with Gasteiger partial charge in [0.25, 0.3) is 10.0 Å². The van der Waals surface area contributed by atoms with E-state index in [1.807, 2.05) is 6.07 Å². The van der Waals surface area contributed by atoms with Gasteiger partial charge in [-0.25, -0.2) is 22.9 Å². The molecule has 5 aromatic rings. The van der Waals surface area contributed by atoms with Crippen LogP contribution in [0.3, 0.4) is 0 Å². The van der Waals surface area contributed by atoms with E-state index in [0.717, 1.165) is 5.56 Å². The highest BCUT2D eigenvalue weighted by molar-refractivity contribution is 7.90. The van der Waals surface area contributed by atoms with Gasteiger partial charge in [-0.2, -0.15) is 0 Å². The molecule has 4 aromatic carbocycles. The Labute approximate surface area is 577 Å². The Bertz CT molecular complexity index is 3750. The normalized spacial score (nSPS) is 22.0. The fraction of sp³-hybridized carbons (Fsp3) is 0.471. The summed E-state index contributed by atoms with van der Waals surface area (Å²) in [6, 6.07) is 14.6. The van der Waals surface area contributed by atoms with Crippen molar-refractivity contribution in [1.82, 2.24) is 62.1 Å². The summed E-state index contributed by atoms with van der Waals surface area (Å²) in [5.74, 6) is -7.31. The van der Waals surface area contributed by atoms with Crippen LogP contribution in [0.25, 0.3) is 0 Å². The minimum absolute atomic E-state index is 0.0252. The molecule has 0 saturated carbocycles. The molecule has 9 amide bonds. The molecule has 2 aliphatic rings. The number of aromatic hydroxyl groups is 1. The lowest BCUT2D eigenvalue weighted by atomic mass is 9.96. The van der Waals surface area contributed by atoms with Crippen LogP contribution in [0.5, 0.6) is 11.5 Å². The molecule has 1 aromatic heterocycles. The van der Waals surface area contributed by atoms with Gasteiger partial charge >= 0.3 is 6.09 Å². The van der Waals surface area contributed by atoms with Crippen molar-refractivity contribution in [3.05, 3.63) is 143 Å². The predicted octanol–water partition coefficient (Wildman–Crippen LogP) is 3.35. The monoisotopic (exact) mass is 1390 g/mol. The predicted molar refractivity (Wildman–Crippen MR) is 369 cm³/mol. The van der Waals surface area contributed by atoms with Crippen molar-refractivity contribution in [3.63, 3.8) is 0 Å². The molecule has 9 atom stereocenters. The first-order chi connectivity index (χ1) is 47.3. The molecule has 7 rings (SSSR count). The zero-order valence-electron chi connectivity index (χ0n) is 57.3. The second-order valence-electron chi connectivity index (χ2n) is 25.4. The Morgan fingerprint density at radius 3 is 1.96 bits per heavy atom. The molecule has 3 heterocycles. The van der Waals surface area contributed by atoms with Gasteiger partial charge in [0, 0.05) is 50.8 Å². The van der Waals surface area contributed by atoms with E-state index in [-0.39, 0.29) is 94.7 Å². The van der Waals surface area contributed by atoms with Crippen LogP contribution in [-0.2, 0) is 79.0 Å². The number of guanidine groups is 1. The van der Waals surface area contributed by atoms with E-state index < -0.39 is 130 Å². The number of amides is 9. The van der Waals surface area contributed by atoms with Gasteiger partial charge in [-0.15, -0.1) is 0 Å². The van der Waals surface area contributed by atoms with E-state index in [0.29, 0.717) is 52.1 Å². The van der Waals surface area contributed by atoms with Crippen LogP contribution in [0.1, 0.15) is 118 Å². The van der Waals surface area contributed by atoms with Gasteiger partial charge < -0.3 is 72.7 Å². The number of rotatable bonds is 19. The van der Waals surface area contributed by atoms with E-state index in [4.69, 9.17) is 15.2 Å². The van der Waals surface area contributed by atoms with Crippen molar-refractivity contribution in [3.8, 4) is 11.5 Å². The molecular weight excluding hydrogens is 1290 g/mol. The Kier molecular flexibility index (Phi) is 28.1. The van der Waals surface area contributed by atoms with Gasteiger partial charge in [0.2, 0.25) is 53.2 Å². The van der Waals surface area contributed by atoms with Gasteiger partial charge in [0.05, 0.1) is 18.3 Å². The first kappa shape index (κ1) is 76.3. The van der Waals surface area contributed by atoms with Gasteiger partial charge in [0.1, 0.15) is 66.4 Å². The number of hydrogen-bond donors (Lipinski definition) is 12. The smallest absolute Gasteiger partial charge is 0.408 e. The summed E-state index contributed by atoms with van der Waals surface area (Å²) in [4.78, 5) is 145. The maximum Gasteiger partial charge on any atom is 0.408 e. The SMILES string of the molecule is CC[C@H](C)[C@@H]1NC(=O)[C@H](Cc2ccc(O)cc2)NC(=O)[C@H](C(C)C)NC(=O)[C@H](CCCN=C(N)NS(=O)(=O)c2c(C)cc(OC)c(C)c2C)NC(=O)[C@@H](NC(=O)OCc2ccccc2)CCCCNC(=O)[C@H](Cc2ccccc2)NC(=O)[C@@H]2CCCN2C(=O)[C@H](Cc2cnc[nH]2)NC1=O. The van der Waals surface area contributed by atoms with Crippen molar-refractivity contribution in [1.29, 1.82) is 0 Å². The number of nitrogens with one attached hydrogen (secondary N) is 10. The van der Waals surface area contributed by atoms with E-state index in [1.165, 1.54) is 36.7 Å². The number of aromatic amines is 1. The molecule has 2 fully saturated rings. The number of methoxy groups -OCH3 is 1. The number of imidazole rings is 1. The lowest BCUT2D eigenvalue weighted by Crippen LogP contribution is -2.62. The lowest BCUT2D eigenvalue weighted by Gasteiger charge is -2.32. The number of alkyl carbamates (subject to hydrolysis) is 1. The Balaban J connectivity index is 1.24. The quantitative estimate of drug-likeness (QED) is 0.0320. The highest BCUT2D eigenvalue weighted by Gasteiger charge is 2.41. The molecule has 0 spiro atoms. The number of hydrogen-bond acceptors (Lipinski definition) is 16. The largest absolute Gasteiger partial charge is 0.508 e. The number of aromatic nitrogens is 2. The van der Waals surface area contributed by atoms with Crippen LogP contribution in [0.15, 0.2) is 113 Å². The average Bonchev–Trinajstić information content (AvgIpc) is 1.22.